The number of fused-ring (bicyclic) bond motifs is 1. The fraction of sp³-hybridized carbons (Fsp3) is 0.400. The maximum atomic E-state index is 5.51. The largest absolute Gasteiger partial charge is 0.477 e. The average Bonchev–Trinajstić information content (AvgIpc) is 2.75. The summed E-state index contributed by atoms with van der Waals surface area (Å²) in [6.45, 7) is 0. The Balaban J connectivity index is 2.00. The lowest BCUT2D eigenvalue weighted by molar-refractivity contribution is -0.163. The van der Waals surface area contributed by atoms with Crippen molar-refractivity contribution in [3.05, 3.63) is 36.1 Å². The molecule has 2 spiro atoms. The fourth-order valence-corrected chi connectivity index (χ4v) is 2.01. The first-order valence-electron chi connectivity index (χ1n) is 4.07. The number of hydrogen-bond acceptors (Lipinski definition) is 2. The third-order valence-electron chi connectivity index (χ3n) is 2.89. The normalized spacial score (nSPS) is 45.3. The van der Waals surface area contributed by atoms with E-state index in [4.69, 9.17) is 9.47 Å². The summed E-state index contributed by atoms with van der Waals surface area (Å²) in [4.78, 5) is 0. The van der Waals surface area contributed by atoms with E-state index >= 15 is 0 Å². The van der Waals surface area contributed by atoms with Crippen LogP contribution in [0.15, 0.2) is 36.1 Å². The second kappa shape index (κ2) is 1.69. The Kier molecular flexibility index (Phi) is 0.871. The molecule has 0 amide bonds. The van der Waals surface area contributed by atoms with E-state index in [0.717, 1.165) is 12.8 Å². The van der Waals surface area contributed by atoms with Crippen molar-refractivity contribution in [2.45, 2.75) is 24.0 Å². The second-order valence-electron chi connectivity index (χ2n) is 3.37. The van der Waals surface area contributed by atoms with Crippen LogP contribution in [0, 0.1) is 0 Å². The summed E-state index contributed by atoms with van der Waals surface area (Å²) in [6.07, 6.45) is 9.12. The zero-order valence-electron chi connectivity index (χ0n) is 6.54. The van der Waals surface area contributed by atoms with Crippen molar-refractivity contribution in [1.82, 2.24) is 0 Å². The first-order valence-corrected chi connectivity index (χ1v) is 4.07. The van der Waals surface area contributed by atoms with E-state index in [0.29, 0.717) is 0 Å². The molecule has 0 N–H and O–H groups in total. The number of rotatable bonds is 0. The summed E-state index contributed by atoms with van der Waals surface area (Å²) in [5, 5.41) is 0. The molecule has 0 aromatic carbocycles. The van der Waals surface area contributed by atoms with Crippen molar-refractivity contribution in [1.29, 1.82) is 0 Å². The second-order valence-corrected chi connectivity index (χ2v) is 3.37. The van der Waals surface area contributed by atoms with Gasteiger partial charge in [-0.25, -0.2) is 0 Å². The lowest BCUT2D eigenvalue weighted by Gasteiger charge is -2.50. The van der Waals surface area contributed by atoms with Crippen LogP contribution in [0.4, 0.5) is 0 Å². The van der Waals surface area contributed by atoms with Crippen LogP contribution in [0.2, 0.25) is 0 Å². The molecule has 0 saturated heterocycles. The first kappa shape index (κ1) is 6.19. The van der Waals surface area contributed by atoms with Crippen molar-refractivity contribution >= 4 is 0 Å². The summed E-state index contributed by atoms with van der Waals surface area (Å²) >= 11 is 0. The quantitative estimate of drug-likeness (QED) is 0.502. The molecular weight excluding hydrogens is 152 g/mol. The molecule has 2 unspecified atom stereocenters. The van der Waals surface area contributed by atoms with E-state index in [1.807, 2.05) is 12.2 Å². The molecule has 0 aromatic rings. The van der Waals surface area contributed by atoms with Gasteiger partial charge in [-0.05, 0) is 0 Å². The molecule has 3 aliphatic rings. The van der Waals surface area contributed by atoms with Crippen LogP contribution >= 0.6 is 0 Å². The molecule has 0 aromatic heterocycles. The van der Waals surface area contributed by atoms with Crippen LogP contribution in [-0.4, -0.2) is 11.2 Å². The zero-order valence-corrected chi connectivity index (χ0v) is 6.54. The summed E-state index contributed by atoms with van der Waals surface area (Å²) in [7, 11) is 0. The van der Waals surface area contributed by atoms with Crippen molar-refractivity contribution < 1.29 is 9.47 Å². The maximum Gasteiger partial charge on any atom is 0.178 e. The summed E-state index contributed by atoms with van der Waals surface area (Å²) in [5.41, 5.74) is 5.36. The molecule has 60 valence electrons. The van der Waals surface area contributed by atoms with Crippen LogP contribution in [0.3, 0.4) is 0 Å². The van der Waals surface area contributed by atoms with Crippen molar-refractivity contribution in [3.63, 3.8) is 0 Å². The predicted octanol–water partition coefficient (Wildman–Crippen LogP) is 1.66. The molecule has 1 fully saturated rings. The smallest absolute Gasteiger partial charge is 0.178 e. The minimum absolute atomic E-state index is 0.271. The van der Waals surface area contributed by atoms with Crippen molar-refractivity contribution in [3.8, 4) is 0 Å². The Hall–Kier alpha value is -1.36. The molecule has 2 atom stereocenters. The van der Waals surface area contributed by atoms with Crippen molar-refractivity contribution in [2.24, 2.45) is 0 Å². The molecular formula is C10H8O2. The van der Waals surface area contributed by atoms with Gasteiger partial charge in [0, 0.05) is 25.0 Å². The predicted molar refractivity (Wildman–Crippen MR) is 42.2 cm³/mol. The van der Waals surface area contributed by atoms with Gasteiger partial charge in [-0.15, -0.1) is 0 Å². The highest BCUT2D eigenvalue weighted by Crippen LogP contribution is 2.52. The van der Waals surface area contributed by atoms with Gasteiger partial charge in [0.15, 0.2) is 11.2 Å². The maximum absolute atomic E-state index is 5.51. The van der Waals surface area contributed by atoms with Gasteiger partial charge in [0.2, 0.25) is 0 Å². The average molecular weight is 160 g/mol. The standard InChI is InChI=1S/C10H8O2/c1-3-9(11-7-1)5-6-10(9)4-2-8-12-10/h3-4,7-8H,5-6H2. The van der Waals surface area contributed by atoms with E-state index in [1.54, 1.807) is 12.5 Å². The van der Waals surface area contributed by atoms with Crippen LogP contribution in [-0.2, 0) is 9.47 Å². The Morgan fingerprint density at radius 1 is 0.917 bits per heavy atom. The van der Waals surface area contributed by atoms with Gasteiger partial charge in [0.25, 0.3) is 0 Å². The van der Waals surface area contributed by atoms with Crippen LogP contribution < -0.4 is 0 Å². The lowest BCUT2D eigenvalue weighted by atomic mass is 9.65. The SMILES string of the molecule is C1=COC2(C=1)CCC21C=C=CO1. The zero-order chi connectivity index (χ0) is 8.07. The molecule has 0 bridgehead atoms. The Labute approximate surface area is 70.5 Å². The molecule has 1 saturated carbocycles. The molecule has 2 heterocycles. The molecule has 0 radical (unpaired) electrons. The van der Waals surface area contributed by atoms with Crippen LogP contribution in [0.25, 0.3) is 0 Å². The minimum Gasteiger partial charge on any atom is -0.477 e. The van der Waals surface area contributed by atoms with Gasteiger partial charge >= 0.3 is 0 Å². The lowest BCUT2D eigenvalue weighted by Crippen LogP contribution is -2.60. The highest BCUT2D eigenvalue weighted by atomic mass is 16.6. The van der Waals surface area contributed by atoms with Crippen LogP contribution in [0.1, 0.15) is 12.8 Å². The van der Waals surface area contributed by atoms with Gasteiger partial charge in [-0.1, -0.05) is 11.5 Å². The third-order valence-corrected chi connectivity index (χ3v) is 2.89. The molecule has 2 nitrogen and oxygen atoms in total. The molecule has 12 heavy (non-hydrogen) atoms. The van der Waals surface area contributed by atoms with Gasteiger partial charge in [0.1, 0.15) is 12.5 Å². The number of ether oxygens (including phenoxy) is 2. The Morgan fingerprint density at radius 3 is 1.67 bits per heavy atom. The molecule has 2 heteroatoms. The summed E-state index contributed by atoms with van der Waals surface area (Å²) < 4.78 is 11.0. The highest BCUT2D eigenvalue weighted by Gasteiger charge is 2.62. The molecule has 3 rings (SSSR count). The van der Waals surface area contributed by atoms with Gasteiger partial charge in [0.05, 0.1) is 0 Å². The minimum atomic E-state index is -0.271. The Morgan fingerprint density at radius 2 is 1.42 bits per heavy atom. The summed E-state index contributed by atoms with van der Waals surface area (Å²) in [5.74, 6) is 0. The van der Waals surface area contributed by atoms with E-state index in [2.05, 4.69) is 11.5 Å². The van der Waals surface area contributed by atoms with Gasteiger partial charge < -0.3 is 9.47 Å². The molecule has 2 aliphatic heterocycles. The third kappa shape index (κ3) is 0.473. The van der Waals surface area contributed by atoms with Gasteiger partial charge in [-0.3, -0.25) is 0 Å². The van der Waals surface area contributed by atoms with E-state index in [9.17, 15) is 0 Å². The summed E-state index contributed by atoms with van der Waals surface area (Å²) in [6, 6.07) is 0. The van der Waals surface area contributed by atoms with Crippen LogP contribution in [0.5, 0.6) is 0 Å². The van der Waals surface area contributed by atoms with Gasteiger partial charge in [-0.2, -0.15) is 0 Å². The van der Waals surface area contributed by atoms with E-state index in [-0.39, 0.29) is 11.2 Å². The molecule has 1 aliphatic carbocycles. The van der Waals surface area contributed by atoms with Crippen molar-refractivity contribution in [2.75, 3.05) is 0 Å². The number of hydrogen-bond donors (Lipinski definition) is 0. The fourth-order valence-electron chi connectivity index (χ4n) is 2.01. The Bertz CT molecular complexity index is 320. The topological polar surface area (TPSA) is 18.5 Å². The first-order chi connectivity index (χ1) is 5.87. The monoisotopic (exact) mass is 160 g/mol. The van der Waals surface area contributed by atoms with E-state index < -0.39 is 0 Å². The van der Waals surface area contributed by atoms with E-state index in [1.165, 1.54) is 0 Å². The highest BCUT2D eigenvalue weighted by molar-refractivity contribution is 5.32.